The summed E-state index contributed by atoms with van der Waals surface area (Å²) in [5, 5.41) is 11.2. The van der Waals surface area contributed by atoms with Crippen LogP contribution in [0.25, 0.3) is 0 Å². The number of nitriles is 1. The lowest BCUT2D eigenvalue weighted by Gasteiger charge is -2.42. The number of hydrogen-bond donors (Lipinski definition) is 0. The Morgan fingerprint density at radius 2 is 1.87 bits per heavy atom. The minimum Gasteiger partial charge on any atom is -0.331 e. The van der Waals surface area contributed by atoms with Gasteiger partial charge in [0.25, 0.3) is 0 Å². The van der Waals surface area contributed by atoms with Gasteiger partial charge in [-0.15, -0.1) is 0 Å². The molecule has 1 rings (SSSR count). The Labute approximate surface area is 97.1 Å². The van der Waals surface area contributed by atoms with Crippen LogP contribution in [0, 0.1) is 16.1 Å². The van der Waals surface area contributed by atoms with Gasteiger partial charge in [-0.2, -0.15) is 5.26 Å². The number of hydrogen-bond acceptors (Lipinski definition) is 3. The Bertz CT molecular complexity index is 248. The van der Waals surface area contributed by atoms with Crippen LogP contribution in [0.1, 0.15) is 33.6 Å². The van der Waals surface area contributed by atoms with E-state index in [1.54, 1.807) is 7.11 Å². The van der Waals surface area contributed by atoms with Crippen molar-refractivity contribution in [1.29, 1.82) is 5.26 Å². The van der Waals surface area contributed by atoms with E-state index in [0.717, 1.165) is 17.0 Å². The number of likely N-dealkylation sites (tertiary alicyclic amines) is 1. The highest BCUT2D eigenvalue weighted by molar-refractivity contribution is 7.98. The number of ether oxygens (including phenoxy) is 1. The second kappa shape index (κ2) is 4.73. The van der Waals surface area contributed by atoms with Gasteiger partial charge >= 0.3 is 0 Å². The summed E-state index contributed by atoms with van der Waals surface area (Å²) in [4.78, 5) is 0. The first-order valence-electron chi connectivity index (χ1n) is 5.43. The molecule has 0 amide bonds. The maximum absolute atomic E-state index is 8.94. The van der Waals surface area contributed by atoms with Gasteiger partial charge in [-0.25, -0.2) is 3.89 Å². The van der Waals surface area contributed by atoms with Crippen molar-refractivity contribution in [3.05, 3.63) is 0 Å². The van der Waals surface area contributed by atoms with Gasteiger partial charge in [0.15, 0.2) is 17.3 Å². The third-order valence-electron chi connectivity index (χ3n) is 2.94. The summed E-state index contributed by atoms with van der Waals surface area (Å²) in [6.45, 7) is 8.63. The third-order valence-corrected chi connectivity index (χ3v) is 3.94. The standard InChI is InChI=1S/C11H21N2OS/c1-11(2,3)10(14-4)13(15-9-12)7-5-6-8-13/h10H,5-8H2,1-4H3/q+1. The predicted octanol–water partition coefficient (Wildman–Crippen LogP) is 2.74. The van der Waals surface area contributed by atoms with E-state index in [1.165, 1.54) is 24.8 Å². The molecule has 0 saturated carbocycles. The van der Waals surface area contributed by atoms with Gasteiger partial charge < -0.3 is 4.74 Å². The molecule has 0 aliphatic carbocycles. The van der Waals surface area contributed by atoms with E-state index in [9.17, 15) is 0 Å². The monoisotopic (exact) mass is 229 g/mol. The Morgan fingerprint density at radius 1 is 1.33 bits per heavy atom. The lowest BCUT2D eigenvalue weighted by atomic mass is 9.93. The number of thiocyanates is 1. The topological polar surface area (TPSA) is 33.0 Å². The van der Waals surface area contributed by atoms with Crippen molar-refractivity contribution in [3.63, 3.8) is 0 Å². The van der Waals surface area contributed by atoms with Crippen molar-refractivity contribution in [2.75, 3.05) is 20.2 Å². The fourth-order valence-electron chi connectivity index (χ4n) is 2.58. The average molecular weight is 229 g/mol. The van der Waals surface area contributed by atoms with Crippen LogP contribution >= 0.6 is 11.9 Å². The zero-order chi connectivity index (χ0) is 11.5. The normalized spacial score (nSPS) is 22.3. The number of nitrogens with zero attached hydrogens (tertiary/aromatic N) is 2. The van der Waals surface area contributed by atoms with Gasteiger partial charge in [-0.05, 0) is 0 Å². The van der Waals surface area contributed by atoms with E-state index >= 15 is 0 Å². The van der Waals surface area contributed by atoms with Crippen LogP contribution < -0.4 is 0 Å². The van der Waals surface area contributed by atoms with Crippen LogP contribution in [-0.2, 0) is 4.74 Å². The van der Waals surface area contributed by atoms with Crippen LogP contribution in [0.5, 0.6) is 0 Å². The molecule has 0 aromatic heterocycles. The molecule has 1 atom stereocenters. The summed E-state index contributed by atoms with van der Waals surface area (Å²) < 4.78 is 6.40. The lowest BCUT2D eigenvalue weighted by molar-refractivity contribution is -0.846. The number of methoxy groups -OCH3 is 1. The highest BCUT2D eigenvalue weighted by Gasteiger charge is 2.48. The summed E-state index contributed by atoms with van der Waals surface area (Å²) in [6.07, 6.45) is 2.50. The van der Waals surface area contributed by atoms with Crippen LogP contribution in [0.4, 0.5) is 0 Å². The molecule has 0 bridgehead atoms. The quantitative estimate of drug-likeness (QED) is 0.424. The SMILES string of the molecule is COC(C(C)(C)C)[N+]1(SC#N)CCCC1. The predicted molar refractivity (Wildman–Crippen MR) is 62.7 cm³/mol. The van der Waals surface area contributed by atoms with Crippen molar-refractivity contribution in [2.45, 2.75) is 39.8 Å². The molecule has 1 aliphatic heterocycles. The second-order valence-corrected chi connectivity index (χ2v) is 6.34. The van der Waals surface area contributed by atoms with E-state index in [1.807, 2.05) is 0 Å². The fraction of sp³-hybridized carbons (Fsp3) is 0.909. The average Bonchev–Trinajstić information content (AvgIpc) is 2.53. The van der Waals surface area contributed by atoms with Crippen LogP contribution in [-0.4, -0.2) is 30.3 Å². The van der Waals surface area contributed by atoms with Gasteiger partial charge in [-0.1, -0.05) is 20.8 Å². The smallest absolute Gasteiger partial charge is 0.209 e. The van der Waals surface area contributed by atoms with Gasteiger partial charge in [-0.3, -0.25) is 0 Å². The van der Waals surface area contributed by atoms with E-state index in [2.05, 4.69) is 26.2 Å². The zero-order valence-electron chi connectivity index (χ0n) is 10.1. The van der Waals surface area contributed by atoms with Crippen molar-refractivity contribution < 1.29 is 8.63 Å². The molecule has 3 nitrogen and oxygen atoms in total. The Balaban J connectivity index is 2.92. The van der Waals surface area contributed by atoms with Gasteiger partial charge in [0.1, 0.15) is 0 Å². The van der Waals surface area contributed by atoms with E-state index in [4.69, 9.17) is 10.00 Å². The third kappa shape index (κ3) is 2.66. The zero-order valence-corrected chi connectivity index (χ0v) is 10.9. The molecule has 4 heteroatoms. The molecule has 0 radical (unpaired) electrons. The maximum Gasteiger partial charge on any atom is 0.209 e. The molecule has 0 spiro atoms. The van der Waals surface area contributed by atoms with Crippen molar-refractivity contribution in [3.8, 4) is 5.40 Å². The highest BCUT2D eigenvalue weighted by Crippen LogP contribution is 2.40. The number of quaternary nitrogens is 1. The molecule has 0 N–H and O–H groups in total. The minimum absolute atomic E-state index is 0.0724. The molecule has 1 fully saturated rings. The fourth-order valence-corrected chi connectivity index (χ4v) is 3.68. The van der Waals surface area contributed by atoms with Crippen LogP contribution in [0.3, 0.4) is 0 Å². The Hall–Kier alpha value is -0.240. The van der Waals surface area contributed by atoms with Gasteiger partial charge in [0, 0.05) is 25.4 Å². The summed E-state index contributed by atoms with van der Waals surface area (Å²) >= 11 is 1.36. The van der Waals surface area contributed by atoms with E-state index < -0.39 is 0 Å². The highest BCUT2D eigenvalue weighted by atomic mass is 32.2. The molecular formula is C11H21N2OS+. The molecule has 0 aromatic rings. The Morgan fingerprint density at radius 3 is 2.20 bits per heavy atom. The minimum atomic E-state index is 0.0724. The summed E-state index contributed by atoms with van der Waals surface area (Å²) in [6, 6.07) is 0. The largest absolute Gasteiger partial charge is 0.331 e. The number of rotatable bonds is 3. The van der Waals surface area contributed by atoms with Crippen LogP contribution in [0.2, 0.25) is 0 Å². The first-order chi connectivity index (χ1) is 6.96. The summed E-state index contributed by atoms with van der Waals surface area (Å²) in [7, 11) is 1.76. The molecule has 1 saturated heterocycles. The molecule has 15 heavy (non-hydrogen) atoms. The lowest BCUT2D eigenvalue weighted by Crippen LogP contribution is -2.54. The van der Waals surface area contributed by atoms with Gasteiger partial charge in [0.2, 0.25) is 6.23 Å². The molecule has 1 heterocycles. The first-order valence-corrected chi connectivity index (χ1v) is 6.21. The summed E-state index contributed by atoms with van der Waals surface area (Å²) in [5.74, 6) is 0. The van der Waals surface area contributed by atoms with Crippen molar-refractivity contribution >= 4 is 11.9 Å². The molecule has 0 aromatic carbocycles. The van der Waals surface area contributed by atoms with Crippen molar-refractivity contribution in [2.24, 2.45) is 5.41 Å². The maximum atomic E-state index is 8.94. The summed E-state index contributed by atoms with van der Waals surface area (Å²) in [5.41, 5.74) is 0.0724. The molecule has 1 aliphatic rings. The Kier molecular flexibility index (Phi) is 4.05. The van der Waals surface area contributed by atoms with E-state index in [-0.39, 0.29) is 11.6 Å². The first kappa shape index (κ1) is 12.8. The van der Waals surface area contributed by atoms with Crippen LogP contribution in [0.15, 0.2) is 0 Å². The van der Waals surface area contributed by atoms with Crippen molar-refractivity contribution in [1.82, 2.24) is 0 Å². The van der Waals surface area contributed by atoms with E-state index in [0.29, 0.717) is 0 Å². The van der Waals surface area contributed by atoms with Gasteiger partial charge in [0.05, 0.1) is 13.1 Å². The molecule has 1 unspecified atom stereocenters. The molecule has 86 valence electrons. The molecular weight excluding hydrogens is 208 g/mol. The second-order valence-electron chi connectivity index (χ2n) is 5.24.